The highest BCUT2D eigenvalue weighted by molar-refractivity contribution is 6.00. The summed E-state index contributed by atoms with van der Waals surface area (Å²) in [6, 6.07) is 5.11. The molecule has 2 heterocycles. The summed E-state index contributed by atoms with van der Waals surface area (Å²) in [6.45, 7) is 2.57. The molecule has 20 heavy (non-hydrogen) atoms. The van der Waals surface area contributed by atoms with E-state index in [1.807, 2.05) is 0 Å². The van der Waals surface area contributed by atoms with Gasteiger partial charge >= 0.3 is 0 Å². The van der Waals surface area contributed by atoms with Gasteiger partial charge in [-0.3, -0.25) is 9.59 Å². The van der Waals surface area contributed by atoms with Crippen LogP contribution in [0.1, 0.15) is 19.8 Å². The normalized spacial score (nSPS) is 24.6. The van der Waals surface area contributed by atoms with E-state index in [1.165, 1.54) is 0 Å². The third-order valence-electron chi connectivity index (χ3n) is 3.55. The van der Waals surface area contributed by atoms with E-state index < -0.39 is 6.10 Å². The summed E-state index contributed by atoms with van der Waals surface area (Å²) in [5, 5.41) is 8.76. The fraction of sp³-hybridized carbons (Fsp3) is 0.429. The molecular weight excluding hydrogens is 258 g/mol. The Bertz CT molecular complexity index is 553. The van der Waals surface area contributed by atoms with Crippen molar-refractivity contribution in [1.29, 1.82) is 0 Å². The number of hydrogen-bond donors (Lipinski definition) is 3. The summed E-state index contributed by atoms with van der Waals surface area (Å²) in [7, 11) is 0. The maximum Gasteiger partial charge on any atom is 0.265 e. The lowest BCUT2D eigenvalue weighted by Crippen LogP contribution is -2.36. The first kappa shape index (κ1) is 12.9. The molecule has 0 radical (unpaired) electrons. The number of anilines is 2. The maximum atomic E-state index is 12.0. The lowest BCUT2D eigenvalue weighted by molar-refractivity contribution is -0.122. The van der Waals surface area contributed by atoms with Crippen LogP contribution in [-0.2, 0) is 9.59 Å². The van der Waals surface area contributed by atoms with Crippen molar-refractivity contribution in [2.75, 3.05) is 17.2 Å². The van der Waals surface area contributed by atoms with Crippen molar-refractivity contribution in [1.82, 2.24) is 5.32 Å². The topological polar surface area (TPSA) is 79.5 Å². The van der Waals surface area contributed by atoms with Crippen LogP contribution >= 0.6 is 0 Å². The second kappa shape index (κ2) is 5.13. The molecule has 2 aliphatic heterocycles. The molecule has 1 unspecified atom stereocenters. The molecule has 2 atom stereocenters. The lowest BCUT2D eigenvalue weighted by atomic mass is 10.2. The zero-order valence-corrected chi connectivity index (χ0v) is 11.2. The number of benzene rings is 1. The van der Waals surface area contributed by atoms with Gasteiger partial charge in [-0.2, -0.15) is 0 Å². The van der Waals surface area contributed by atoms with Gasteiger partial charge in [0.15, 0.2) is 6.10 Å². The van der Waals surface area contributed by atoms with E-state index in [0.29, 0.717) is 17.1 Å². The summed E-state index contributed by atoms with van der Waals surface area (Å²) in [5.41, 5.74) is 1.24. The summed E-state index contributed by atoms with van der Waals surface area (Å²) < 4.78 is 5.47. The van der Waals surface area contributed by atoms with Crippen LogP contribution in [0.2, 0.25) is 0 Å². The van der Waals surface area contributed by atoms with Crippen molar-refractivity contribution >= 4 is 23.2 Å². The van der Waals surface area contributed by atoms with Crippen LogP contribution in [0.5, 0.6) is 5.75 Å². The van der Waals surface area contributed by atoms with Crippen molar-refractivity contribution in [2.45, 2.75) is 31.9 Å². The summed E-state index contributed by atoms with van der Waals surface area (Å²) >= 11 is 0. The van der Waals surface area contributed by atoms with E-state index in [2.05, 4.69) is 16.0 Å². The van der Waals surface area contributed by atoms with Gasteiger partial charge in [0.2, 0.25) is 5.91 Å². The molecule has 106 valence electrons. The molecule has 6 nitrogen and oxygen atoms in total. The standard InChI is InChI=1S/C14H17N3O3/c1-8-13(18)17-11-7-9(4-5-12(11)20-8)16-14(19)10-3-2-6-15-10/h4-5,7-8,10,15H,2-3,6H2,1H3,(H,16,19)(H,17,18)/t8?,10-/m0/s1. The average molecular weight is 275 g/mol. The van der Waals surface area contributed by atoms with E-state index in [1.54, 1.807) is 25.1 Å². The first-order valence-electron chi connectivity index (χ1n) is 6.79. The molecule has 2 amide bonds. The third kappa shape index (κ3) is 2.46. The SMILES string of the molecule is CC1Oc2ccc(NC(=O)[C@@H]3CCCN3)cc2NC1=O. The number of carbonyl (C=O) groups is 2. The quantitative estimate of drug-likeness (QED) is 0.755. The molecule has 0 aliphatic carbocycles. The molecule has 0 saturated carbocycles. The minimum Gasteiger partial charge on any atom is -0.479 e. The summed E-state index contributed by atoms with van der Waals surface area (Å²) in [6.07, 6.45) is 1.38. The molecule has 1 fully saturated rings. The van der Waals surface area contributed by atoms with Crippen LogP contribution in [0.4, 0.5) is 11.4 Å². The maximum absolute atomic E-state index is 12.0. The Balaban J connectivity index is 1.74. The van der Waals surface area contributed by atoms with Crippen LogP contribution < -0.4 is 20.7 Å². The van der Waals surface area contributed by atoms with Crippen LogP contribution in [0.3, 0.4) is 0 Å². The number of rotatable bonds is 2. The molecule has 0 aromatic heterocycles. The summed E-state index contributed by atoms with van der Waals surface area (Å²) in [4.78, 5) is 23.6. The van der Waals surface area contributed by atoms with Gasteiger partial charge in [-0.15, -0.1) is 0 Å². The molecule has 3 rings (SSSR count). The Kier molecular flexibility index (Phi) is 3.31. The zero-order valence-electron chi connectivity index (χ0n) is 11.2. The Hall–Kier alpha value is -2.08. The molecule has 0 bridgehead atoms. The van der Waals surface area contributed by atoms with Gasteiger partial charge in [0.25, 0.3) is 5.91 Å². The minimum atomic E-state index is -0.495. The Morgan fingerprint density at radius 3 is 3.05 bits per heavy atom. The number of hydrogen-bond acceptors (Lipinski definition) is 4. The molecule has 3 N–H and O–H groups in total. The Labute approximate surface area is 116 Å². The van der Waals surface area contributed by atoms with Gasteiger partial charge in [0, 0.05) is 5.69 Å². The molecule has 1 aromatic carbocycles. The van der Waals surface area contributed by atoms with E-state index in [0.717, 1.165) is 19.4 Å². The lowest BCUT2D eigenvalue weighted by Gasteiger charge is -2.23. The fourth-order valence-corrected chi connectivity index (χ4v) is 2.42. The third-order valence-corrected chi connectivity index (χ3v) is 3.55. The predicted octanol–water partition coefficient (Wildman–Crippen LogP) is 1.10. The molecule has 0 spiro atoms. The van der Waals surface area contributed by atoms with Gasteiger partial charge in [0.05, 0.1) is 11.7 Å². The van der Waals surface area contributed by atoms with Gasteiger partial charge in [-0.25, -0.2) is 0 Å². The first-order chi connectivity index (χ1) is 9.63. The van der Waals surface area contributed by atoms with Crippen molar-refractivity contribution in [2.24, 2.45) is 0 Å². The predicted molar refractivity (Wildman–Crippen MR) is 74.8 cm³/mol. The van der Waals surface area contributed by atoms with Gasteiger partial charge in [-0.1, -0.05) is 0 Å². The van der Waals surface area contributed by atoms with Crippen LogP contribution in [-0.4, -0.2) is 30.5 Å². The van der Waals surface area contributed by atoms with Crippen LogP contribution in [0, 0.1) is 0 Å². The average Bonchev–Trinajstić information content (AvgIpc) is 2.94. The van der Waals surface area contributed by atoms with Gasteiger partial charge in [0.1, 0.15) is 5.75 Å². The second-order valence-corrected chi connectivity index (χ2v) is 5.10. The Morgan fingerprint density at radius 2 is 2.30 bits per heavy atom. The van der Waals surface area contributed by atoms with Crippen molar-refractivity contribution in [3.63, 3.8) is 0 Å². The van der Waals surface area contributed by atoms with E-state index in [-0.39, 0.29) is 17.9 Å². The van der Waals surface area contributed by atoms with E-state index >= 15 is 0 Å². The number of ether oxygens (including phenoxy) is 1. The molecule has 6 heteroatoms. The monoisotopic (exact) mass is 275 g/mol. The molecular formula is C14H17N3O3. The highest BCUT2D eigenvalue weighted by Gasteiger charge is 2.25. The Morgan fingerprint density at radius 1 is 1.45 bits per heavy atom. The highest BCUT2D eigenvalue weighted by atomic mass is 16.5. The highest BCUT2D eigenvalue weighted by Crippen LogP contribution is 2.32. The van der Waals surface area contributed by atoms with Crippen LogP contribution in [0.25, 0.3) is 0 Å². The van der Waals surface area contributed by atoms with Crippen molar-refractivity contribution in [3.8, 4) is 5.75 Å². The number of fused-ring (bicyclic) bond motifs is 1. The summed E-state index contributed by atoms with van der Waals surface area (Å²) in [5.74, 6) is 0.395. The van der Waals surface area contributed by atoms with E-state index in [4.69, 9.17) is 4.74 Å². The fourth-order valence-electron chi connectivity index (χ4n) is 2.42. The van der Waals surface area contributed by atoms with Crippen LogP contribution in [0.15, 0.2) is 18.2 Å². The number of nitrogens with one attached hydrogen (secondary N) is 3. The van der Waals surface area contributed by atoms with E-state index in [9.17, 15) is 9.59 Å². The van der Waals surface area contributed by atoms with Crippen molar-refractivity contribution in [3.05, 3.63) is 18.2 Å². The second-order valence-electron chi connectivity index (χ2n) is 5.10. The molecule has 1 aromatic rings. The minimum absolute atomic E-state index is 0.0427. The number of amides is 2. The smallest absolute Gasteiger partial charge is 0.265 e. The molecule has 2 aliphatic rings. The van der Waals surface area contributed by atoms with Gasteiger partial charge in [-0.05, 0) is 44.5 Å². The van der Waals surface area contributed by atoms with Gasteiger partial charge < -0.3 is 20.7 Å². The number of carbonyl (C=O) groups excluding carboxylic acids is 2. The first-order valence-corrected chi connectivity index (χ1v) is 6.79. The zero-order chi connectivity index (χ0) is 14.1. The molecule has 1 saturated heterocycles. The largest absolute Gasteiger partial charge is 0.479 e. The van der Waals surface area contributed by atoms with Crippen molar-refractivity contribution < 1.29 is 14.3 Å².